The summed E-state index contributed by atoms with van der Waals surface area (Å²) in [5, 5.41) is 9.60. The van der Waals surface area contributed by atoms with Crippen LogP contribution in [0.1, 0.15) is 5.56 Å². The highest BCUT2D eigenvalue weighted by atomic mass is 35.5. The topological polar surface area (TPSA) is 40.5 Å². The Morgan fingerprint density at radius 3 is 2.48 bits per heavy atom. The highest BCUT2D eigenvalue weighted by Gasteiger charge is 2.31. The lowest BCUT2D eigenvalue weighted by molar-refractivity contribution is -0.147. The number of hydrogen-bond acceptors (Lipinski definition) is 2. The van der Waals surface area contributed by atoms with Gasteiger partial charge in [0.1, 0.15) is 0 Å². The third-order valence-corrected chi connectivity index (χ3v) is 4.06. The minimum atomic E-state index is -0.692. The van der Waals surface area contributed by atoms with Crippen molar-refractivity contribution in [2.45, 2.75) is 6.54 Å². The average Bonchev–Trinajstić information content (AvgIpc) is 2.42. The number of benzene rings is 2. The second-order valence-corrected chi connectivity index (χ2v) is 5.87. The van der Waals surface area contributed by atoms with Crippen molar-refractivity contribution in [2.75, 3.05) is 13.1 Å². The van der Waals surface area contributed by atoms with Crippen LogP contribution in [0.25, 0.3) is 11.1 Å². The van der Waals surface area contributed by atoms with Gasteiger partial charge < -0.3 is 5.11 Å². The number of nitrogens with zero attached hydrogens (tertiary/aromatic N) is 1. The standard InChI is InChI=1S/C17H16ClNO2/c18-16-3-1-2-14(8-16)13-6-4-12(5-7-13)9-19-10-15(11-19)17(20)21/h1-8,15H,9-11H2,(H,20,21). The molecule has 1 N–H and O–H groups in total. The van der Waals surface area contributed by atoms with Gasteiger partial charge in [0.05, 0.1) is 5.92 Å². The summed E-state index contributed by atoms with van der Waals surface area (Å²) in [4.78, 5) is 12.9. The Morgan fingerprint density at radius 2 is 1.86 bits per heavy atom. The molecule has 1 fully saturated rings. The zero-order valence-corrected chi connectivity index (χ0v) is 12.3. The first-order chi connectivity index (χ1) is 10.1. The van der Waals surface area contributed by atoms with E-state index in [2.05, 4.69) is 29.2 Å². The van der Waals surface area contributed by atoms with Gasteiger partial charge in [-0.15, -0.1) is 0 Å². The van der Waals surface area contributed by atoms with Crippen molar-refractivity contribution in [1.82, 2.24) is 4.90 Å². The molecule has 4 heteroatoms. The van der Waals surface area contributed by atoms with Crippen LogP contribution in [0.4, 0.5) is 0 Å². The number of carboxylic acid groups (broad SMARTS) is 1. The monoisotopic (exact) mass is 301 g/mol. The number of carbonyl (C=O) groups is 1. The van der Waals surface area contributed by atoms with Crippen molar-refractivity contribution in [3.8, 4) is 11.1 Å². The van der Waals surface area contributed by atoms with Crippen LogP contribution in [0.3, 0.4) is 0 Å². The van der Waals surface area contributed by atoms with Crippen molar-refractivity contribution in [2.24, 2.45) is 5.92 Å². The molecule has 2 aromatic rings. The maximum absolute atomic E-state index is 10.8. The average molecular weight is 302 g/mol. The van der Waals surface area contributed by atoms with Crippen LogP contribution in [0.2, 0.25) is 5.02 Å². The number of aliphatic carboxylic acids is 1. The first-order valence-electron chi connectivity index (χ1n) is 6.92. The molecule has 0 radical (unpaired) electrons. The summed E-state index contributed by atoms with van der Waals surface area (Å²) >= 11 is 6.01. The SMILES string of the molecule is O=C(O)C1CN(Cc2ccc(-c3cccc(Cl)c3)cc2)C1. The highest BCUT2D eigenvalue weighted by Crippen LogP contribution is 2.24. The number of carboxylic acids is 1. The molecular weight excluding hydrogens is 286 g/mol. The fraction of sp³-hybridized carbons (Fsp3) is 0.235. The van der Waals surface area contributed by atoms with Gasteiger partial charge in [-0.1, -0.05) is 48.0 Å². The van der Waals surface area contributed by atoms with Gasteiger partial charge in [0, 0.05) is 24.7 Å². The number of likely N-dealkylation sites (tertiary alicyclic amines) is 1. The highest BCUT2D eigenvalue weighted by molar-refractivity contribution is 6.30. The smallest absolute Gasteiger partial charge is 0.309 e. The van der Waals surface area contributed by atoms with Crippen LogP contribution in [0, 0.1) is 5.92 Å². The van der Waals surface area contributed by atoms with E-state index in [9.17, 15) is 4.79 Å². The normalized spacial score (nSPS) is 15.7. The summed E-state index contributed by atoms with van der Waals surface area (Å²) in [5.74, 6) is -0.890. The first-order valence-corrected chi connectivity index (χ1v) is 7.29. The molecule has 3 rings (SSSR count). The summed E-state index contributed by atoms with van der Waals surface area (Å²) in [7, 11) is 0. The van der Waals surface area contributed by atoms with E-state index in [4.69, 9.17) is 16.7 Å². The van der Waals surface area contributed by atoms with Gasteiger partial charge in [-0.3, -0.25) is 9.69 Å². The zero-order chi connectivity index (χ0) is 14.8. The largest absolute Gasteiger partial charge is 0.481 e. The molecule has 0 atom stereocenters. The molecule has 1 aliphatic rings. The Balaban J connectivity index is 1.64. The molecule has 0 unspecified atom stereocenters. The van der Waals surface area contributed by atoms with Gasteiger partial charge >= 0.3 is 5.97 Å². The van der Waals surface area contributed by atoms with Crippen LogP contribution in [0.15, 0.2) is 48.5 Å². The summed E-state index contributed by atoms with van der Waals surface area (Å²) in [6.07, 6.45) is 0. The van der Waals surface area contributed by atoms with E-state index in [0.29, 0.717) is 13.1 Å². The van der Waals surface area contributed by atoms with Gasteiger partial charge in [-0.05, 0) is 28.8 Å². The van der Waals surface area contributed by atoms with E-state index >= 15 is 0 Å². The van der Waals surface area contributed by atoms with Crippen LogP contribution in [-0.4, -0.2) is 29.1 Å². The van der Waals surface area contributed by atoms with Gasteiger partial charge in [0.15, 0.2) is 0 Å². The Kier molecular flexibility index (Phi) is 3.95. The second-order valence-electron chi connectivity index (χ2n) is 5.44. The molecule has 0 aromatic heterocycles. The van der Waals surface area contributed by atoms with Gasteiger partial charge in [-0.25, -0.2) is 0 Å². The third kappa shape index (κ3) is 3.26. The van der Waals surface area contributed by atoms with Crippen molar-refractivity contribution in [1.29, 1.82) is 0 Å². The minimum Gasteiger partial charge on any atom is -0.481 e. The van der Waals surface area contributed by atoms with Crippen molar-refractivity contribution < 1.29 is 9.90 Å². The molecule has 1 saturated heterocycles. The number of rotatable bonds is 4. The molecule has 0 saturated carbocycles. The van der Waals surface area contributed by atoms with Crippen LogP contribution < -0.4 is 0 Å². The van der Waals surface area contributed by atoms with Crippen LogP contribution in [0.5, 0.6) is 0 Å². The maximum Gasteiger partial charge on any atom is 0.309 e. The second kappa shape index (κ2) is 5.88. The zero-order valence-electron chi connectivity index (χ0n) is 11.5. The Morgan fingerprint density at radius 1 is 1.14 bits per heavy atom. The molecule has 0 amide bonds. The molecule has 21 heavy (non-hydrogen) atoms. The summed E-state index contributed by atoms with van der Waals surface area (Å²) in [6, 6.07) is 16.1. The van der Waals surface area contributed by atoms with Gasteiger partial charge in [0.25, 0.3) is 0 Å². The summed E-state index contributed by atoms with van der Waals surface area (Å²) in [6.45, 7) is 2.09. The molecule has 0 aliphatic carbocycles. The lowest BCUT2D eigenvalue weighted by Gasteiger charge is -2.36. The first kappa shape index (κ1) is 14.1. The summed E-state index contributed by atoms with van der Waals surface area (Å²) < 4.78 is 0. The van der Waals surface area contributed by atoms with Crippen LogP contribution >= 0.6 is 11.6 Å². The fourth-order valence-electron chi connectivity index (χ4n) is 2.58. The quantitative estimate of drug-likeness (QED) is 0.939. The van der Waals surface area contributed by atoms with Crippen LogP contribution in [-0.2, 0) is 11.3 Å². The van der Waals surface area contributed by atoms with E-state index in [1.165, 1.54) is 5.56 Å². The summed E-state index contributed by atoms with van der Waals surface area (Å²) in [5.41, 5.74) is 3.43. The molecular formula is C17H16ClNO2. The molecule has 0 bridgehead atoms. The third-order valence-electron chi connectivity index (χ3n) is 3.82. The molecule has 1 aliphatic heterocycles. The molecule has 108 valence electrons. The van der Waals surface area contributed by atoms with E-state index < -0.39 is 5.97 Å². The number of hydrogen-bond donors (Lipinski definition) is 1. The maximum atomic E-state index is 10.8. The van der Waals surface area contributed by atoms with E-state index in [0.717, 1.165) is 22.7 Å². The molecule has 2 aromatic carbocycles. The van der Waals surface area contributed by atoms with Crippen molar-refractivity contribution >= 4 is 17.6 Å². The Bertz CT molecular complexity index is 648. The number of halogens is 1. The minimum absolute atomic E-state index is 0.198. The Hall–Kier alpha value is -1.84. The van der Waals surface area contributed by atoms with Gasteiger partial charge in [-0.2, -0.15) is 0 Å². The Labute approximate surface area is 128 Å². The predicted molar refractivity (Wildman–Crippen MR) is 83.3 cm³/mol. The van der Waals surface area contributed by atoms with E-state index in [-0.39, 0.29) is 5.92 Å². The lowest BCUT2D eigenvalue weighted by atomic mass is 9.99. The van der Waals surface area contributed by atoms with Gasteiger partial charge in [0.2, 0.25) is 0 Å². The fourth-order valence-corrected chi connectivity index (χ4v) is 2.77. The predicted octanol–water partition coefficient (Wildman–Crippen LogP) is 3.52. The lowest BCUT2D eigenvalue weighted by Crippen LogP contribution is -2.49. The van der Waals surface area contributed by atoms with Crippen molar-refractivity contribution in [3.63, 3.8) is 0 Å². The van der Waals surface area contributed by atoms with E-state index in [1.807, 2.05) is 24.3 Å². The molecule has 1 heterocycles. The van der Waals surface area contributed by atoms with E-state index in [1.54, 1.807) is 0 Å². The molecule has 0 spiro atoms. The van der Waals surface area contributed by atoms with Crippen molar-refractivity contribution in [3.05, 3.63) is 59.1 Å². The molecule has 3 nitrogen and oxygen atoms in total.